The first kappa shape index (κ1) is 15.5. The first-order valence-electron chi connectivity index (χ1n) is 7.60. The summed E-state index contributed by atoms with van der Waals surface area (Å²) < 4.78 is 13.9. The number of halogens is 1. The van der Waals surface area contributed by atoms with Gasteiger partial charge in [0.1, 0.15) is 5.82 Å². The van der Waals surface area contributed by atoms with E-state index in [1.54, 1.807) is 12.1 Å². The second-order valence-corrected chi connectivity index (χ2v) is 6.98. The topological polar surface area (TPSA) is 15.3 Å². The molecule has 0 aromatic heterocycles. The highest BCUT2D eigenvalue weighted by Gasteiger charge is 2.28. The normalized spacial score (nSPS) is 22.1. The van der Waals surface area contributed by atoms with Gasteiger partial charge in [0.15, 0.2) is 0 Å². The second-order valence-electron chi connectivity index (χ2n) is 6.98. The van der Waals surface area contributed by atoms with Gasteiger partial charge in [0.05, 0.1) is 0 Å². The van der Waals surface area contributed by atoms with E-state index in [4.69, 9.17) is 0 Å². The Morgan fingerprint density at radius 3 is 2.70 bits per heavy atom. The Morgan fingerprint density at radius 1 is 1.35 bits per heavy atom. The van der Waals surface area contributed by atoms with E-state index < -0.39 is 0 Å². The van der Waals surface area contributed by atoms with Gasteiger partial charge in [0, 0.05) is 23.7 Å². The fourth-order valence-electron chi connectivity index (χ4n) is 2.84. The van der Waals surface area contributed by atoms with Crippen LogP contribution in [-0.2, 0) is 0 Å². The summed E-state index contributed by atoms with van der Waals surface area (Å²) in [6.07, 6.45) is 1.20. The predicted molar refractivity (Wildman–Crippen MR) is 82.3 cm³/mol. The van der Waals surface area contributed by atoms with Crippen molar-refractivity contribution in [1.82, 2.24) is 10.2 Å². The van der Waals surface area contributed by atoms with Crippen LogP contribution in [-0.4, -0.2) is 30.1 Å². The molecule has 3 heteroatoms. The standard InChI is InChI=1S/C17H27FN2/c1-13(15-7-5-6-8-16(15)18)20-10-9-14(12-20)11-19-17(2,3)4/h5-8,13-14,19H,9-12H2,1-4H3. The van der Waals surface area contributed by atoms with Crippen molar-refractivity contribution in [2.75, 3.05) is 19.6 Å². The molecular weight excluding hydrogens is 251 g/mol. The predicted octanol–water partition coefficient (Wildman–Crippen LogP) is 3.60. The molecular formula is C17H27FN2. The summed E-state index contributed by atoms with van der Waals surface area (Å²) in [6.45, 7) is 11.9. The van der Waals surface area contributed by atoms with Gasteiger partial charge in [-0.25, -0.2) is 4.39 Å². The number of hydrogen-bond donors (Lipinski definition) is 1. The van der Waals surface area contributed by atoms with Crippen LogP contribution in [0.2, 0.25) is 0 Å². The number of benzene rings is 1. The number of hydrogen-bond acceptors (Lipinski definition) is 2. The summed E-state index contributed by atoms with van der Waals surface area (Å²) in [4.78, 5) is 2.40. The van der Waals surface area contributed by atoms with Crippen LogP contribution in [0.15, 0.2) is 24.3 Å². The maximum atomic E-state index is 13.9. The van der Waals surface area contributed by atoms with Gasteiger partial charge in [-0.15, -0.1) is 0 Å². The number of nitrogens with zero attached hydrogens (tertiary/aromatic N) is 1. The highest BCUT2D eigenvalue weighted by Crippen LogP contribution is 2.28. The summed E-state index contributed by atoms with van der Waals surface area (Å²) in [6, 6.07) is 7.30. The van der Waals surface area contributed by atoms with Crippen molar-refractivity contribution >= 4 is 0 Å². The van der Waals surface area contributed by atoms with Gasteiger partial charge in [-0.2, -0.15) is 0 Å². The molecule has 1 fully saturated rings. The maximum absolute atomic E-state index is 13.9. The van der Waals surface area contributed by atoms with Crippen molar-refractivity contribution in [1.29, 1.82) is 0 Å². The summed E-state index contributed by atoms with van der Waals surface area (Å²) in [5.74, 6) is 0.583. The quantitative estimate of drug-likeness (QED) is 0.905. The summed E-state index contributed by atoms with van der Waals surface area (Å²) in [5, 5.41) is 3.57. The van der Waals surface area contributed by atoms with Gasteiger partial charge in [-0.1, -0.05) is 18.2 Å². The molecule has 1 aromatic carbocycles. The lowest BCUT2D eigenvalue weighted by atomic mass is 10.0. The minimum absolute atomic E-state index is 0.0868. The Balaban J connectivity index is 1.91. The summed E-state index contributed by atoms with van der Waals surface area (Å²) >= 11 is 0. The third kappa shape index (κ3) is 4.03. The molecule has 0 saturated carbocycles. The lowest BCUT2D eigenvalue weighted by Crippen LogP contribution is -2.39. The third-order valence-corrected chi connectivity index (χ3v) is 4.14. The molecule has 1 aliphatic rings. The first-order chi connectivity index (χ1) is 9.37. The zero-order valence-electron chi connectivity index (χ0n) is 13.1. The highest BCUT2D eigenvalue weighted by atomic mass is 19.1. The van der Waals surface area contributed by atoms with Gasteiger partial charge in [-0.3, -0.25) is 4.90 Å². The van der Waals surface area contributed by atoms with Crippen LogP contribution in [0, 0.1) is 11.7 Å². The minimum Gasteiger partial charge on any atom is -0.312 e. The third-order valence-electron chi connectivity index (χ3n) is 4.14. The van der Waals surface area contributed by atoms with Crippen LogP contribution in [0.25, 0.3) is 0 Å². The van der Waals surface area contributed by atoms with E-state index in [-0.39, 0.29) is 17.4 Å². The molecule has 0 spiro atoms. The van der Waals surface area contributed by atoms with Crippen molar-refractivity contribution in [3.63, 3.8) is 0 Å². The smallest absolute Gasteiger partial charge is 0.127 e. The largest absolute Gasteiger partial charge is 0.312 e. The second kappa shape index (κ2) is 6.23. The van der Waals surface area contributed by atoms with Crippen molar-refractivity contribution in [2.24, 2.45) is 5.92 Å². The SMILES string of the molecule is CC(c1ccccc1F)N1CCC(CNC(C)(C)C)C1. The Bertz CT molecular complexity index is 439. The van der Waals surface area contributed by atoms with Crippen molar-refractivity contribution in [2.45, 2.75) is 45.7 Å². The minimum atomic E-state index is -0.0868. The Labute approximate surface area is 122 Å². The van der Waals surface area contributed by atoms with Gasteiger partial charge in [0.2, 0.25) is 0 Å². The Kier molecular flexibility index (Phi) is 4.82. The Morgan fingerprint density at radius 2 is 2.05 bits per heavy atom. The molecule has 20 heavy (non-hydrogen) atoms. The van der Waals surface area contributed by atoms with Crippen LogP contribution in [0.1, 0.15) is 45.7 Å². The number of rotatable bonds is 4. The molecule has 0 amide bonds. The average molecular weight is 278 g/mol. The average Bonchev–Trinajstić information content (AvgIpc) is 2.84. The van der Waals surface area contributed by atoms with E-state index in [1.165, 1.54) is 6.42 Å². The van der Waals surface area contributed by atoms with Crippen molar-refractivity contribution in [3.05, 3.63) is 35.6 Å². The van der Waals surface area contributed by atoms with Crippen LogP contribution in [0.4, 0.5) is 4.39 Å². The van der Waals surface area contributed by atoms with Crippen molar-refractivity contribution in [3.8, 4) is 0 Å². The molecule has 2 atom stereocenters. The molecule has 0 bridgehead atoms. The van der Waals surface area contributed by atoms with Gasteiger partial charge < -0.3 is 5.32 Å². The Hall–Kier alpha value is -0.930. The molecule has 2 unspecified atom stereocenters. The molecule has 2 nitrogen and oxygen atoms in total. The van der Waals surface area contributed by atoms with Crippen molar-refractivity contribution < 1.29 is 4.39 Å². The molecule has 0 radical (unpaired) electrons. The van der Waals surface area contributed by atoms with Crippen LogP contribution in [0.3, 0.4) is 0 Å². The van der Waals surface area contributed by atoms with Gasteiger partial charge in [-0.05, 0) is 59.2 Å². The van der Waals surface area contributed by atoms with Gasteiger partial charge in [0.25, 0.3) is 0 Å². The van der Waals surface area contributed by atoms with E-state index in [2.05, 4.69) is 37.9 Å². The molecule has 1 N–H and O–H groups in total. The molecule has 2 rings (SSSR count). The zero-order valence-corrected chi connectivity index (χ0v) is 13.1. The molecule has 1 aromatic rings. The molecule has 112 valence electrons. The van der Waals surface area contributed by atoms with E-state index in [0.717, 1.165) is 25.2 Å². The summed E-state index contributed by atoms with van der Waals surface area (Å²) in [5.41, 5.74) is 0.988. The number of likely N-dealkylation sites (tertiary alicyclic amines) is 1. The first-order valence-corrected chi connectivity index (χ1v) is 7.60. The fourth-order valence-corrected chi connectivity index (χ4v) is 2.84. The number of nitrogens with one attached hydrogen (secondary N) is 1. The van der Waals surface area contributed by atoms with E-state index in [0.29, 0.717) is 5.92 Å². The van der Waals surface area contributed by atoms with E-state index in [1.807, 2.05) is 12.1 Å². The monoisotopic (exact) mass is 278 g/mol. The molecule has 0 aliphatic carbocycles. The van der Waals surface area contributed by atoms with Crippen LogP contribution in [0.5, 0.6) is 0 Å². The molecule has 1 saturated heterocycles. The van der Waals surface area contributed by atoms with Gasteiger partial charge >= 0.3 is 0 Å². The highest BCUT2D eigenvalue weighted by molar-refractivity contribution is 5.21. The fraction of sp³-hybridized carbons (Fsp3) is 0.647. The maximum Gasteiger partial charge on any atom is 0.127 e. The molecule has 1 heterocycles. The summed E-state index contributed by atoms with van der Waals surface area (Å²) in [7, 11) is 0. The van der Waals surface area contributed by atoms with Crippen LogP contribution >= 0.6 is 0 Å². The van der Waals surface area contributed by atoms with Crippen LogP contribution < -0.4 is 5.32 Å². The lowest BCUT2D eigenvalue weighted by Gasteiger charge is -2.26. The lowest BCUT2D eigenvalue weighted by molar-refractivity contribution is 0.244. The zero-order chi connectivity index (χ0) is 14.8. The van der Waals surface area contributed by atoms with E-state index >= 15 is 0 Å². The van der Waals surface area contributed by atoms with E-state index in [9.17, 15) is 4.39 Å². The molecule has 1 aliphatic heterocycles.